The van der Waals surface area contributed by atoms with E-state index in [2.05, 4.69) is 9.97 Å². The monoisotopic (exact) mass is 532 g/mol. The maximum Gasteiger partial charge on any atom is 0.281 e. The van der Waals surface area contributed by atoms with Gasteiger partial charge in [-0.3, -0.25) is 4.79 Å². The predicted octanol–water partition coefficient (Wildman–Crippen LogP) is 4.96. The van der Waals surface area contributed by atoms with Crippen LogP contribution < -0.4 is 19.9 Å². The van der Waals surface area contributed by atoms with Gasteiger partial charge in [-0.25, -0.2) is 14.7 Å². The van der Waals surface area contributed by atoms with Gasteiger partial charge in [-0.05, 0) is 75.2 Å². The Balaban J connectivity index is 1.78. The topological polar surface area (TPSA) is 134 Å². The third kappa shape index (κ3) is 5.92. The molecule has 2 heterocycles. The number of nitrogens with one attached hydrogen (secondary N) is 1. The predicted molar refractivity (Wildman–Crippen MR) is 145 cm³/mol. The summed E-state index contributed by atoms with van der Waals surface area (Å²) in [4.78, 5) is 21.7. The van der Waals surface area contributed by atoms with Gasteiger partial charge in [0.2, 0.25) is 5.88 Å². The molecule has 38 heavy (non-hydrogen) atoms. The van der Waals surface area contributed by atoms with Crippen molar-refractivity contribution < 1.29 is 22.7 Å². The van der Waals surface area contributed by atoms with Crippen molar-refractivity contribution in [2.45, 2.75) is 32.7 Å². The number of sulfonamides is 1. The number of benzene rings is 2. The van der Waals surface area contributed by atoms with Gasteiger partial charge in [0.05, 0.1) is 12.3 Å². The van der Waals surface area contributed by atoms with Gasteiger partial charge >= 0.3 is 0 Å². The van der Waals surface area contributed by atoms with Crippen LogP contribution in [0, 0.1) is 20.8 Å². The minimum absolute atomic E-state index is 0.00923. The van der Waals surface area contributed by atoms with Crippen LogP contribution in [0.1, 0.15) is 34.0 Å². The standard InChI is InChI=1S/C28H28N4O5S/c1-5-36-21-9-6-8-20(16-21)23-13-12-22(27(33)32-38(34,35)25-11-7-10-24(29)31-25)28(30-23)37-26-18(3)14-17(2)15-19(26)4/h6-16H,5H2,1-4H3,(H2,29,31)(H,32,33). The first-order valence-electron chi connectivity index (χ1n) is 11.9. The number of aromatic nitrogens is 2. The summed E-state index contributed by atoms with van der Waals surface area (Å²) in [6.45, 7) is 8.15. The number of hydrogen-bond donors (Lipinski definition) is 2. The molecule has 10 heteroatoms. The Morgan fingerprint density at radius 2 is 1.66 bits per heavy atom. The summed E-state index contributed by atoms with van der Waals surface area (Å²) < 4.78 is 39.5. The second-order valence-electron chi connectivity index (χ2n) is 8.68. The molecule has 4 aromatic rings. The van der Waals surface area contributed by atoms with Crippen LogP contribution in [-0.2, 0) is 10.0 Å². The van der Waals surface area contributed by atoms with Crippen LogP contribution >= 0.6 is 0 Å². The number of nitrogen functional groups attached to an aromatic ring is 1. The summed E-state index contributed by atoms with van der Waals surface area (Å²) in [5.41, 5.74) is 9.55. The molecule has 3 N–H and O–H groups in total. The van der Waals surface area contributed by atoms with E-state index in [1.54, 1.807) is 6.07 Å². The molecule has 4 rings (SSSR count). The zero-order valence-electron chi connectivity index (χ0n) is 21.5. The fourth-order valence-corrected chi connectivity index (χ4v) is 4.94. The van der Waals surface area contributed by atoms with Crippen molar-refractivity contribution in [1.82, 2.24) is 14.7 Å². The number of rotatable bonds is 8. The maximum absolute atomic E-state index is 13.3. The molecule has 1 amide bonds. The van der Waals surface area contributed by atoms with E-state index in [0.29, 0.717) is 23.8 Å². The number of aryl methyl sites for hydroxylation is 3. The third-order valence-electron chi connectivity index (χ3n) is 5.60. The summed E-state index contributed by atoms with van der Waals surface area (Å²) in [5.74, 6) is 0.232. The number of pyridine rings is 2. The largest absolute Gasteiger partial charge is 0.494 e. The number of anilines is 1. The third-order valence-corrected chi connectivity index (χ3v) is 6.83. The summed E-state index contributed by atoms with van der Waals surface area (Å²) >= 11 is 0. The highest BCUT2D eigenvalue weighted by Crippen LogP contribution is 2.33. The lowest BCUT2D eigenvalue weighted by atomic mass is 10.1. The lowest BCUT2D eigenvalue weighted by molar-refractivity contribution is 0.0978. The SMILES string of the molecule is CCOc1cccc(-c2ccc(C(=O)NS(=O)(=O)c3cccc(N)n3)c(Oc3c(C)cc(C)cc3C)n2)c1. The highest BCUT2D eigenvalue weighted by atomic mass is 32.2. The van der Waals surface area contributed by atoms with Crippen LogP contribution in [0.15, 0.2) is 71.8 Å². The van der Waals surface area contributed by atoms with Gasteiger partial charge in [-0.1, -0.05) is 35.9 Å². The Kier molecular flexibility index (Phi) is 7.63. The number of nitrogens with two attached hydrogens (primary N) is 1. The number of nitrogens with zero attached hydrogens (tertiary/aromatic N) is 2. The van der Waals surface area contributed by atoms with Crippen LogP contribution in [0.5, 0.6) is 17.4 Å². The first kappa shape index (κ1) is 26.6. The van der Waals surface area contributed by atoms with Crippen LogP contribution in [-0.4, -0.2) is 30.9 Å². The molecule has 0 bridgehead atoms. The number of amides is 1. The van der Waals surface area contributed by atoms with Gasteiger partial charge in [0.25, 0.3) is 15.9 Å². The Labute approximate surface area is 221 Å². The maximum atomic E-state index is 13.3. The average molecular weight is 533 g/mol. The van der Waals surface area contributed by atoms with Crippen LogP contribution in [0.3, 0.4) is 0 Å². The fourth-order valence-electron chi connectivity index (χ4n) is 4.00. The van der Waals surface area contributed by atoms with Crippen molar-refractivity contribution in [3.63, 3.8) is 0 Å². The molecular weight excluding hydrogens is 504 g/mol. The molecule has 0 aliphatic rings. The van der Waals surface area contributed by atoms with E-state index in [0.717, 1.165) is 22.3 Å². The highest BCUT2D eigenvalue weighted by Gasteiger charge is 2.25. The van der Waals surface area contributed by atoms with Gasteiger partial charge in [0, 0.05) is 5.56 Å². The number of ether oxygens (including phenoxy) is 2. The molecule has 0 saturated carbocycles. The second kappa shape index (κ2) is 10.9. The van der Waals surface area contributed by atoms with E-state index in [1.165, 1.54) is 24.3 Å². The molecule has 0 aliphatic heterocycles. The van der Waals surface area contributed by atoms with Crippen LogP contribution in [0.25, 0.3) is 11.3 Å². The normalized spacial score (nSPS) is 11.2. The molecule has 0 fully saturated rings. The van der Waals surface area contributed by atoms with Crippen molar-refractivity contribution in [3.8, 4) is 28.6 Å². The minimum Gasteiger partial charge on any atom is -0.494 e. The van der Waals surface area contributed by atoms with Crippen LogP contribution in [0.2, 0.25) is 0 Å². The summed E-state index contributed by atoms with van der Waals surface area (Å²) in [6, 6.07) is 18.5. The average Bonchev–Trinajstić information content (AvgIpc) is 2.86. The summed E-state index contributed by atoms with van der Waals surface area (Å²) in [5, 5.41) is -0.379. The number of hydrogen-bond acceptors (Lipinski definition) is 8. The highest BCUT2D eigenvalue weighted by molar-refractivity contribution is 7.90. The van der Waals surface area contributed by atoms with Gasteiger partial charge in [-0.15, -0.1) is 0 Å². The zero-order valence-corrected chi connectivity index (χ0v) is 22.3. The van der Waals surface area contributed by atoms with Crippen molar-refractivity contribution in [3.05, 3.63) is 89.0 Å². The van der Waals surface area contributed by atoms with E-state index in [-0.39, 0.29) is 22.3 Å². The van der Waals surface area contributed by atoms with Crippen molar-refractivity contribution in [2.24, 2.45) is 0 Å². The Morgan fingerprint density at radius 1 is 0.947 bits per heavy atom. The zero-order chi connectivity index (χ0) is 27.4. The molecule has 2 aromatic heterocycles. The van der Waals surface area contributed by atoms with Gasteiger partial charge in [0.15, 0.2) is 5.03 Å². The lowest BCUT2D eigenvalue weighted by Gasteiger charge is -2.16. The number of carbonyl (C=O) groups excluding carboxylic acids is 1. The molecule has 0 radical (unpaired) electrons. The molecule has 0 aliphatic carbocycles. The Morgan fingerprint density at radius 3 is 2.34 bits per heavy atom. The van der Waals surface area contributed by atoms with E-state index >= 15 is 0 Å². The van der Waals surface area contributed by atoms with Gasteiger partial charge in [0.1, 0.15) is 22.9 Å². The molecule has 9 nitrogen and oxygen atoms in total. The van der Waals surface area contributed by atoms with Crippen molar-refractivity contribution >= 4 is 21.7 Å². The molecule has 2 aromatic carbocycles. The quantitative estimate of drug-likeness (QED) is 0.325. The Bertz CT molecular complexity index is 1600. The molecule has 196 valence electrons. The van der Waals surface area contributed by atoms with Crippen LogP contribution in [0.4, 0.5) is 5.82 Å². The molecule has 0 spiro atoms. The number of carbonyl (C=O) groups is 1. The van der Waals surface area contributed by atoms with E-state index in [1.807, 2.05) is 68.8 Å². The van der Waals surface area contributed by atoms with E-state index < -0.39 is 15.9 Å². The minimum atomic E-state index is -4.31. The summed E-state index contributed by atoms with van der Waals surface area (Å²) in [7, 11) is -4.31. The Hall–Kier alpha value is -4.44. The van der Waals surface area contributed by atoms with E-state index in [4.69, 9.17) is 15.2 Å². The fraction of sp³-hybridized carbons (Fsp3) is 0.179. The molecule has 0 atom stereocenters. The van der Waals surface area contributed by atoms with Crippen molar-refractivity contribution in [2.75, 3.05) is 12.3 Å². The molecule has 0 unspecified atom stereocenters. The second-order valence-corrected chi connectivity index (χ2v) is 10.3. The summed E-state index contributed by atoms with van der Waals surface area (Å²) in [6.07, 6.45) is 0. The lowest BCUT2D eigenvalue weighted by Crippen LogP contribution is -2.31. The first-order chi connectivity index (χ1) is 18.1. The van der Waals surface area contributed by atoms with Crippen molar-refractivity contribution in [1.29, 1.82) is 0 Å². The van der Waals surface area contributed by atoms with E-state index in [9.17, 15) is 13.2 Å². The molecular formula is C28H28N4O5S. The van der Waals surface area contributed by atoms with Gasteiger partial charge < -0.3 is 15.2 Å². The van der Waals surface area contributed by atoms with Gasteiger partial charge in [-0.2, -0.15) is 8.42 Å². The smallest absolute Gasteiger partial charge is 0.281 e. The molecule has 0 saturated heterocycles. The first-order valence-corrected chi connectivity index (χ1v) is 13.4.